The molecule has 2 aromatic carbocycles. The van der Waals surface area contributed by atoms with Crippen LogP contribution in [0.2, 0.25) is 0 Å². The van der Waals surface area contributed by atoms with Gasteiger partial charge >= 0.3 is 0 Å². The Morgan fingerprint density at radius 2 is 1.75 bits per heavy atom. The van der Waals surface area contributed by atoms with Gasteiger partial charge in [0.1, 0.15) is 22.3 Å². The predicted molar refractivity (Wildman–Crippen MR) is 81.3 cm³/mol. The Kier molecular flexibility index (Phi) is 4.53. The molecule has 2 rings (SSSR count). The Bertz CT molecular complexity index is 614. The summed E-state index contributed by atoms with van der Waals surface area (Å²) in [5.41, 5.74) is 1.46. The molecule has 0 bridgehead atoms. The molecule has 0 heterocycles. The monoisotopic (exact) mass is 291 g/mol. The van der Waals surface area contributed by atoms with Gasteiger partial charge in [0.2, 0.25) is 0 Å². The number of ether oxygens (including phenoxy) is 2. The number of benzene rings is 2. The topological polar surface area (TPSA) is 30.5 Å². The second kappa shape index (κ2) is 6.34. The molecule has 0 amide bonds. The van der Waals surface area contributed by atoms with E-state index in [1.165, 1.54) is 12.1 Å². The van der Waals surface area contributed by atoms with Gasteiger partial charge in [-0.05, 0) is 36.4 Å². The van der Waals surface area contributed by atoms with Crippen LogP contribution in [-0.4, -0.2) is 19.2 Å². The van der Waals surface area contributed by atoms with Crippen molar-refractivity contribution < 1.29 is 13.9 Å². The lowest BCUT2D eigenvalue weighted by molar-refractivity contribution is 0.395. The van der Waals surface area contributed by atoms with Crippen LogP contribution >= 0.6 is 12.2 Å². The fraction of sp³-hybridized carbons (Fsp3) is 0.133. The quantitative estimate of drug-likeness (QED) is 0.871. The minimum atomic E-state index is -0.293. The molecule has 0 fully saturated rings. The van der Waals surface area contributed by atoms with E-state index in [2.05, 4.69) is 5.32 Å². The van der Waals surface area contributed by atoms with Gasteiger partial charge in [0, 0.05) is 11.6 Å². The van der Waals surface area contributed by atoms with Crippen LogP contribution in [-0.2, 0) is 0 Å². The molecule has 5 heteroatoms. The Balaban J connectivity index is 2.21. The molecule has 0 aliphatic heterocycles. The maximum absolute atomic E-state index is 12.9. The van der Waals surface area contributed by atoms with Gasteiger partial charge in [-0.3, -0.25) is 0 Å². The molecule has 0 aliphatic rings. The number of anilines is 1. The molecular formula is C15H14FNO2S. The van der Waals surface area contributed by atoms with E-state index >= 15 is 0 Å². The second-order valence-corrected chi connectivity index (χ2v) is 4.44. The summed E-state index contributed by atoms with van der Waals surface area (Å²) < 4.78 is 23.3. The average molecular weight is 291 g/mol. The summed E-state index contributed by atoms with van der Waals surface area (Å²) in [5, 5.41) is 3.08. The summed E-state index contributed by atoms with van der Waals surface area (Å²) in [4.78, 5) is 0.494. The largest absolute Gasteiger partial charge is 0.497 e. The summed E-state index contributed by atoms with van der Waals surface area (Å²) in [6.45, 7) is 0. The maximum Gasteiger partial charge on any atom is 0.146 e. The van der Waals surface area contributed by atoms with Crippen LogP contribution in [0.3, 0.4) is 0 Å². The van der Waals surface area contributed by atoms with E-state index in [9.17, 15) is 4.39 Å². The first kappa shape index (κ1) is 14.3. The molecule has 1 N–H and O–H groups in total. The first-order valence-corrected chi connectivity index (χ1v) is 6.34. The fourth-order valence-corrected chi connectivity index (χ4v) is 1.94. The van der Waals surface area contributed by atoms with Crippen molar-refractivity contribution in [3.8, 4) is 11.5 Å². The Morgan fingerprint density at radius 1 is 1.05 bits per heavy atom. The zero-order valence-corrected chi connectivity index (χ0v) is 12.0. The summed E-state index contributed by atoms with van der Waals surface area (Å²) in [6, 6.07) is 11.4. The number of methoxy groups -OCH3 is 2. The van der Waals surface area contributed by atoms with Gasteiger partial charge in [0.05, 0.1) is 19.9 Å². The lowest BCUT2D eigenvalue weighted by atomic mass is 10.2. The highest BCUT2D eigenvalue weighted by Crippen LogP contribution is 2.29. The third-order valence-electron chi connectivity index (χ3n) is 2.76. The minimum Gasteiger partial charge on any atom is -0.497 e. The number of nitrogens with one attached hydrogen (secondary N) is 1. The van der Waals surface area contributed by atoms with Gasteiger partial charge in [-0.25, -0.2) is 4.39 Å². The van der Waals surface area contributed by atoms with Crippen molar-refractivity contribution in [1.29, 1.82) is 0 Å². The average Bonchev–Trinajstić information content (AvgIpc) is 2.48. The molecule has 0 radical (unpaired) electrons. The standard InChI is InChI=1S/C15H14FNO2S/c1-18-12-7-8-13(14(9-12)19-2)17-15(20)10-3-5-11(16)6-4-10/h3-9H,1-2H3,(H,17,20). The summed E-state index contributed by atoms with van der Waals surface area (Å²) >= 11 is 5.29. The van der Waals surface area contributed by atoms with E-state index in [-0.39, 0.29) is 5.82 Å². The third kappa shape index (κ3) is 3.24. The lowest BCUT2D eigenvalue weighted by Gasteiger charge is -2.13. The van der Waals surface area contributed by atoms with Crippen LogP contribution in [0.5, 0.6) is 11.5 Å². The summed E-state index contributed by atoms with van der Waals surface area (Å²) in [5.74, 6) is 1.02. The minimum absolute atomic E-state index is 0.293. The molecule has 104 valence electrons. The van der Waals surface area contributed by atoms with Crippen LogP contribution in [0.1, 0.15) is 5.56 Å². The molecule has 0 atom stereocenters. The molecule has 0 saturated heterocycles. The number of rotatable bonds is 4. The normalized spacial score (nSPS) is 9.95. The van der Waals surface area contributed by atoms with E-state index in [0.717, 1.165) is 11.3 Å². The van der Waals surface area contributed by atoms with Crippen LogP contribution in [0.15, 0.2) is 42.5 Å². The highest BCUT2D eigenvalue weighted by atomic mass is 32.1. The van der Waals surface area contributed by atoms with E-state index in [1.54, 1.807) is 38.5 Å². The van der Waals surface area contributed by atoms with Gasteiger partial charge in [-0.2, -0.15) is 0 Å². The van der Waals surface area contributed by atoms with Crippen LogP contribution in [0, 0.1) is 5.82 Å². The van der Waals surface area contributed by atoms with E-state index < -0.39 is 0 Å². The number of hydrogen-bond donors (Lipinski definition) is 1. The fourth-order valence-electron chi connectivity index (χ4n) is 1.70. The Hall–Kier alpha value is -2.14. The van der Waals surface area contributed by atoms with Crippen molar-refractivity contribution in [2.75, 3.05) is 19.5 Å². The van der Waals surface area contributed by atoms with Gasteiger partial charge in [0.25, 0.3) is 0 Å². The van der Waals surface area contributed by atoms with E-state index in [1.807, 2.05) is 6.07 Å². The Labute approximate surface area is 122 Å². The summed E-state index contributed by atoms with van der Waals surface area (Å²) in [7, 11) is 3.16. The highest BCUT2D eigenvalue weighted by molar-refractivity contribution is 7.81. The molecule has 0 saturated carbocycles. The lowest BCUT2D eigenvalue weighted by Crippen LogP contribution is -2.11. The van der Waals surface area contributed by atoms with Gasteiger partial charge in [0.15, 0.2) is 0 Å². The zero-order chi connectivity index (χ0) is 14.5. The first-order valence-electron chi connectivity index (χ1n) is 5.93. The molecule has 2 aromatic rings. The summed E-state index contributed by atoms with van der Waals surface area (Å²) in [6.07, 6.45) is 0. The maximum atomic E-state index is 12.9. The van der Waals surface area contributed by atoms with Crippen molar-refractivity contribution in [2.45, 2.75) is 0 Å². The van der Waals surface area contributed by atoms with Gasteiger partial charge in [-0.15, -0.1) is 0 Å². The molecule has 3 nitrogen and oxygen atoms in total. The number of halogens is 1. The van der Waals surface area contributed by atoms with Gasteiger partial charge in [-0.1, -0.05) is 12.2 Å². The SMILES string of the molecule is COc1ccc(NC(=S)c2ccc(F)cc2)c(OC)c1. The zero-order valence-electron chi connectivity index (χ0n) is 11.1. The third-order valence-corrected chi connectivity index (χ3v) is 3.10. The van der Waals surface area contributed by atoms with E-state index in [0.29, 0.717) is 16.5 Å². The molecular weight excluding hydrogens is 277 g/mol. The van der Waals surface area contributed by atoms with Crippen molar-refractivity contribution >= 4 is 22.9 Å². The first-order chi connectivity index (χ1) is 9.63. The second-order valence-electron chi connectivity index (χ2n) is 4.03. The molecule has 0 unspecified atom stereocenters. The van der Waals surface area contributed by atoms with Crippen molar-refractivity contribution in [3.63, 3.8) is 0 Å². The number of hydrogen-bond acceptors (Lipinski definition) is 3. The van der Waals surface area contributed by atoms with Crippen molar-refractivity contribution in [1.82, 2.24) is 0 Å². The molecule has 0 aliphatic carbocycles. The van der Waals surface area contributed by atoms with Crippen molar-refractivity contribution in [2.24, 2.45) is 0 Å². The smallest absolute Gasteiger partial charge is 0.146 e. The van der Waals surface area contributed by atoms with Crippen LogP contribution < -0.4 is 14.8 Å². The van der Waals surface area contributed by atoms with Crippen molar-refractivity contribution in [3.05, 3.63) is 53.8 Å². The Morgan fingerprint density at radius 3 is 2.35 bits per heavy atom. The van der Waals surface area contributed by atoms with E-state index in [4.69, 9.17) is 21.7 Å². The van der Waals surface area contributed by atoms with Crippen LogP contribution in [0.4, 0.5) is 10.1 Å². The van der Waals surface area contributed by atoms with Gasteiger partial charge < -0.3 is 14.8 Å². The molecule has 0 aromatic heterocycles. The predicted octanol–water partition coefficient (Wildman–Crippen LogP) is 3.63. The molecule has 20 heavy (non-hydrogen) atoms. The number of thiocarbonyl (C=S) groups is 1. The van der Waals surface area contributed by atoms with Crippen LogP contribution in [0.25, 0.3) is 0 Å². The molecule has 0 spiro atoms. The highest BCUT2D eigenvalue weighted by Gasteiger charge is 2.08.